The summed E-state index contributed by atoms with van der Waals surface area (Å²) in [7, 11) is 1.66. The van der Waals surface area contributed by atoms with E-state index in [1.54, 1.807) is 19.2 Å². The van der Waals surface area contributed by atoms with Crippen molar-refractivity contribution in [1.82, 2.24) is 10.3 Å². The van der Waals surface area contributed by atoms with Gasteiger partial charge in [0.15, 0.2) is 0 Å². The lowest BCUT2D eigenvalue weighted by atomic mass is 9.89. The second-order valence-electron chi connectivity index (χ2n) is 4.89. The maximum absolute atomic E-state index is 11.8. The normalized spacial score (nSPS) is 23.2. The number of hydrogen-bond acceptors (Lipinski definition) is 4. The lowest BCUT2D eigenvalue weighted by Gasteiger charge is -2.23. The van der Waals surface area contributed by atoms with Crippen LogP contribution in [0.3, 0.4) is 0 Å². The molecule has 1 amide bonds. The first-order valence-corrected chi connectivity index (χ1v) is 6.22. The highest BCUT2D eigenvalue weighted by atomic mass is 35.5. The van der Waals surface area contributed by atoms with Gasteiger partial charge in [-0.05, 0) is 19.4 Å². The van der Waals surface area contributed by atoms with Crippen molar-refractivity contribution in [2.75, 3.05) is 30.8 Å². The van der Waals surface area contributed by atoms with Crippen molar-refractivity contribution in [3.8, 4) is 0 Å². The zero-order chi connectivity index (χ0) is 13.3. The Kier molecular flexibility index (Phi) is 3.34. The molecule has 3 N–H and O–H groups in total. The van der Waals surface area contributed by atoms with E-state index in [0.29, 0.717) is 17.4 Å². The highest BCUT2D eigenvalue weighted by Gasteiger charge is 2.40. The number of nitrogens with zero attached hydrogens (tertiary/aromatic N) is 2. The smallest absolute Gasteiger partial charge is 0.227 e. The number of anilines is 2. The monoisotopic (exact) mass is 268 g/mol. The molecule has 0 radical (unpaired) electrons. The third kappa shape index (κ3) is 2.36. The number of carbonyl (C=O) groups is 1. The Labute approximate surface area is 111 Å². The molecule has 1 aliphatic heterocycles. The van der Waals surface area contributed by atoms with Crippen LogP contribution >= 0.6 is 11.6 Å². The number of carbonyl (C=O) groups excluding carboxylic acids is 1. The highest BCUT2D eigenvalue weighted by molar-refractivity contribution is 6.29. The van der Waals surface area contributed by atoms with Gasteiger partial charge in [0.05, 0.1) is 5.41 Å². The predicted octanol–water partition coefficient (Wildman–Crippen LogP) is 1.28. The molecule has 0 spiro atoms. The van der Waals surface area contributed by atoms with Crippen LogP contribution in [0, 0.1) is 5.41 Å². The Morgan fingerprint density at radius 3 is 2.94 bits per heavy atom. The topological polar surface area (TPSA) is 71.2 Å². The fourth-order valence-electron chi connectivity index (χ4n) is 2.31. The molecule has 5 nitrogen and oxygen atoms in total. The van der Waals surface area contributed by atoms with Crippen molar-refractivity contribution >= 4 is 29.0 Å². The van der Waals surface area contributed by atoms with Crippen molar-refractivity contribution in [1.29, 1.82) is 0 Å². The number of pyridine rings is 1. The zero-order valence-electron chi connectivity index (χ0n) is 10.5. The summed E-state index contributed by atoms with van der Waals surface area (Å²) in [6.45, 7) is 3.36. The summed E-state index contributed by atoms with van der Waals surface area (Å²) in [5.41, 5.74) is 5.95. The van der Waals surface area contributed by atoms with Crippen LogP contribution in [0.2, 0.25) is 5.15 Å². The molecule has 6 heteroatoms. The summed E-state index contributed by atoms with van der Waals surface area (Å²) in [6.07, 6.45) is 0.792. The first-order chi connectivity index (χ1) is 8.44. The minimum atomic E-state index is -0.381. The fraction of sp³-hybridized carbons (Fsp3) is 0.500. The molecule has 2 rings (SSSR count). The van der Waals surface area contributed by atoms with Crippen LogP contribution in [0.15, 0.2) is 12.1 Å². The third-order valence-electron chi connectivity index (χ3n) is 3.38. The molecule has 1 atom stereocenters. The molecule has 0 aromatic carbocycles. The van der Waals surface area contributed by atoms with Crippen molar-refractivity contribution in [3.63, 3.8) is 0 Å². The van der Waals surface area contributed by atoms with Gasteiger partial charge in [-0.3, -0.25) is 4.79 Å². The van der Waals surface area contributed by atoms with Crippen LogP contribution in [0.1, 0.15) is 13.3 Å². The van der Waals surface area contributed by atoms with E-state index in [1.807, 2.05) is 11.8 Å². The summed E-state index contributed by atoms with van der Waals surface area (Å²) in [6, 6.07) is 3.39. The van der Waals surface area contributed by atoms with E-state index in [-0.39, 0.29) is 11.3 Å². The van der Waals surface area contributed by atoms with E-state index >= 15 is 0 Å². The van der Waals surface area contributed by atoms with E-state index in [0.717, 1.165) is 18.8 Å². The first kappa shape index (κ1) is 13.0. The largest absolute Gasteiger partial charge is 0.399 e. The molecule has 1 unspecified atom stereocenters. The van der Waals surface area contributed by atoms with Crippen LogP contribution in [0.25, 0.3) is 0 Å². The molecule has 18 heavy (non-hydrogen) atoms. The van der Waals surface area contributed by atoms with Gasteiger partial charge in [0.25, 0.3) is 0 Å². The Hall–Kier alpha value is -1.49. The minimum Gasteiger partial charge on any atom is -0.399 e. The van der Waals surface area contributed by atoms with E-state index in [1.165, 1.54) is 0 Å². The fourth-order valence-corrected chi connectivity index (χ4v) is 2.52. The van der Waals surface area contributed by atoms with Gasteiger partial charge >= 0.3 is 0 Å². The Balaban J connectivity index is 2.20. The summed E-state index contributed by atoms with van der Waals surface area (Å²) < 4.78 is 0. The lowest BCUT2D eigenvalue weighted by Crippen LogP contribution is -2.39. The summed E-state index contributed by atoms with van der Waals surface area (Å²) >= 11 is 5.89. The minimum absolute atomic E-state index is 0.0556. The average molecular weight is 269 g/mol. The van der Waals surface area contributed by atoms with Crippen molar-refractivity contribution in [2.45, 2.75) is 13.3 Å². The Morgan fingerprint density at radius 2 is 2.33 bits per heavy atom. The quantitative estimate of drug-likeness (QED) is 0.793. The number of nitrogen functional groups attached to an aromatic ring is 1. The molecule has 0 saturated carbocycles. The second-order valence-corrected chi connectivity index (χ2v) is 5.28. The molecule has 2 heterocycles. The predicted molar refractivity (Wildman–Crippen MR) is 72.7 cm³/mol. The van der Waals surface area contributed by atoms with Crippen LogP contribution in [-0.4, -0.2) is 31.0 Å². The van der Waals surface area contributed by atoms with Crippen molar-refractivity contribution < 1.29 is 4.79 Å². The maximum Gasteiger partial charge on any atom is 0.227 e. The van der Waals surface area contributed by atoms with Crippen molar-refractivity contribution in [2.24, 2.45) is 5.41 Å². The van der Waals surface area contributed by atoms with E-state index in [2.05, 4.69) is 10.3 Å². The Morgan fingerprint density at radius 1 is 1.61 bits per heavy atom. The number of rotatable bonds is 2. The van der Waals surface area contributed by atoms with E-state index < -0.39 is 0 Å². The molecule has 0 aliphatic carbocycles. The van der Waals surface area contributed by atoms with Gasteiger partial charge in [0, 0.05) is 31.9 Å². The van der Waals surface area contributed by atoms with Gasteiger partial charge in [-0.25, -0.2) is 4.98 Å². The molecule has 98 valence electrons. The van der Waals surface area contributed by atoms with Gasteiger partial charge in [-0.2, -0.15) is 0 Å². The summed E-state index contributed by atoms with van der Waals surface area (Å²) in [5.74, 6) is 0.785. The van der Waals surface area contributed by atoms with Crippen LogP contribution in [-0.2, 0) is 4.79 Å². The first-order valence-electron chi connectivity index (χ1n) is 5.85. The maximum atomic E-state index is 11.8. The number of amides is 1. The van der Waals surface area contributed by atoms with Crippen LogP contribution in [0.5, 0.6) is 0 Å². The van der Waals surface area contributed by atoms with Gasteiger partial charge in [-0.15, -0.1) is 0 Å². The number of halogens is 1. The third-order valence-corrected chi connectivity index (χ3v) is 3.57. The van der Waals surface area contributed by atoms with E-state index in [4.69, 9.17) is 17.3 Å². The molecule has 1 saturated heterocycles. The van der Waals surface area contributed by atoms with Gasteiger partial charge in [0.1, 0.15) is 11.0 Å². The van der Waals surface area contributed by atoms with Gasteiger partial charge in [-0.1, -0.05) is 11.6 Å². The molecule has 1 aliphatic rings. The number of hydrogen-bond donors (Lipinski definition) is 2. The standard InChI is InChI=1S/C12H17ClN4O/c1-12(11(18)15-2)3-4-17(7-12)10-6-8(14)5-9(13)16-10/h5-6H,3-4,7H2,1-2H3,(H2,14,16)(H,15,18). The SMILES string of the molecule is CNC(=O)C1(C)CCN(c2cc(N)cc(Cl)n2)C1. The average Bonchev–Trinajstić information content (AvgIpc) is 2.71. The van der Waals surface area contributed by atoms with Crippen LogP contribution < -0.4 is 16.0 Å². The lowest BCUT2D eigenvalue weighted by molar-refractivity contribution is -0.128. The highest BCUT2D eigenvalue weighted by Crippen LogP contribution is 2.33. The van der Waals surface area contributed by atoms with Crippen molar-refractivity contribution in [3.05, 3.63) is 17.3 Å². The van der Waals surface area contributed by atoms with Gasteiger partial charge in [0.2, 0.25) is 5.91 Å². The molecule has 1 aromatic rings. The Bertz CT molecular complexity index is 459. The molecule has 1 fully saturated rings. The number of nitrogens with one attached hydrogen (secondary N) is 1. The molecule has 1 aromatic heterocycles. The molecular formula is C12H17ClN4O. The number of aromatic nitrogens is 1. The number of nitrogens with two attached hydrogens (primary N) is 1. The zero-order valence-corrected chi connectivity index (χ0v) is 11.3. The summed E-state index contributed by atoms with van der Waals surface area (Å²) in [5, 5.41) is 3.08. The van der Waals surface area contributed by atoms with Gasteiger partial charge < -0.3 is 16.0 Å². The summed E-state index contributed by atoms with van der Waals surface area (Å²) in [4.78, 5) is 18.1. The second kappa shape index (κ2) is 4.65. The molecule has 0 bridgehead atoms. The molecular weight excluding hydrogens is 252 g/mol. The van der Waals surface area contributed by atoms with E-state index in [9.17, 15) is 4.79 Å². The van der Waals surface area contributed by atoms with Crippen LogP contribution in [0.4, 0.5) is 11.5 Å².